The number of alkyl halides is 1. The highest BCUT2D eigenvalue weighted by molar-refractivity contribution is 6.17. The van der Waals surface area contributed by atoms with E-state index in [0.717, 1.165) is 12.8 Å². The minimum Gasteiger partial charge on any atom is -0.444 e. The molecule has 0 radical (unpaired) electrons. The number of amides is 2. The predicted octanol–water partition coefficient (Wildman–Crippen LogP) is 2.31. The van der Waals surface area contributed by atoms with Crippen LogP contribution in [0.5, 0.6) is 0 Å². The van der Waals surface area contributed by atoms with Gasteiger partial charge in [-0.1, -0.05) is 11.6 Å². The van der Waals surface area contributed by atoms with Crippen LogP contribution in [-0.4, -0.2) is 47.9 Å². The summed E-state index contributed by atoms with van der Waals surface area (Å²) in [5.41, 5.74) is -0.532. The number of likely N-dealkylation sites (tertiary alicyclic amines) is 1. The molecular formula is C12H21ClN2O4. The Morgan fingerprint density at radius 3 is 2.68 bits per heavy atom. The number of carbonyl (C=O) groups excluding carboxylic acids is 2. The first-order chi connectivity index (χ1) is 8.81. The fourth-order valence-corrected chi connectivity index (χ4v) is 1.97. The average molecular weight is 293 g/mol. The molecule has 0 unspecified atom stereocenters. The van der Waals surface area contributed by atoms with Crippen LogP contribution < -0.4 is 5.32 Å². The molecule has 1 aliphatic rings. The van der Waals surface area contributed by atoms with Gasteiger partial charge in [-0.25, -0.2) is 9.59 Å². The Labute approximate surface area is 118 Å². The van der Waals surface area contributed by atoms with Gasteiger partial charge >= 0.3 is 12.2 Å². The van der Waals surface area contributed by atoms with Crippen molar-refractivity contribution in [1.29, 1.82) is 0 Å². The van der Waals surface area contributed by atoms with E-state index in [0.29, 0.717) is 13.1 Å². The van der Waals surface area contributed by atoms with Crippen molar-refractivity contribution in [3.05, 3.63) is 0 Å². The lowest BCUT2D eigenvalue weighted by Gasteiger charge is -2.32. The number of nitrogens with zero attached hydrogens (tertiary/aromatic N) is 1. The Morgan fingerprint density at radius 1 is 1.42 bits per heavy atom. The summed E-state index contributed by atoms with van der Waals surface area (Å²) in [5.74, 6) is 0. The molecule has 110 valence electrons. The second-order valence-corrected chi connectivity index (χ2v) is 5.67. The van der Waals surface area contributed by atoms with Crippen molar-refractivity contribution >= 4 is 23.8 Å². The summed E-state index contributed by atoms with van der Waals surface area (Å²) in [4.78, 5) is 24.7. The highest BCUT2D eigenvalue weighted by atomic mass is 35.5. The van der Waals surface area contributed by atoms with Crippen molar-refractivity contribution in [2.75, 3.05) is 19.2 Å². The van der Waals surface area contributed by atoms with E-state index in [1.54, 1.807) is 20.8 Å². The quantitative estimate of drug-likeness (QED) is 0.793. The second kappa shape index (κ2) is 6.84. The number of ether oxygens (including phenoxy) is 2. The molecule has 0 saturated carbocycles. The van der Waals surface area contributed by atoms with Gasteiger partial charge in [0.1, 0.15) is 5.60 Å². The van der Waals surface area contributed by atoms with Crippen molar-refractivity contribution in [3.63, 3.8) is 0 Å². The molecule has 0 aromatic carbocycles. The first-order valence-electron chi connectivity index (χ1n) is 6.29. The number of carbonyl (C=O) groups is 2. The third-order valence-electron chi connectivity index (χ3n) is 2.58. The van der Waals surface area contributed by atoms with E-state index in [2.05, 4.69) is 5.32 Å². The molecule has 0 bridgehead atoms. The maximum absolute atomic E-state index is 11.6. The molecule has 1 heterocycles. The number of hydrogen-bond donors (Lipinski definition) is 1. The Kier molecular flexibility index (Phi) is 5.72. The molecule has 0 aromatic heterocycles. The van der Waals surface area contributed by atoms with Crippen LogP contribution in [0.4, 0.5) is 9.59 Å². The summed E-state index contributed by atoms with van der Waals surface area (Å²) in [6.07, 6.45) is 0.692. The number of hydrogen-bond acceptors (Lipinski definition) is 4. The van der Waals surface area contributed by atoms with Crippen LogP contribution in [0.15, 0.2) is 0 Å². The van der Waals surface area contributed by atoms with E-state index in [1.807, 2.05) is 0 Å². The van der Waals surface area contributed by atoms with Gasteiger partial charge in [-0.05, 0) is 33.6 Å². The van der Waals surface area contributed by atoms with E-state index in [-0.39, 0.29) is 12.1 Å². The smallest absolute Gasteiger partial charge is 0.411 e. The number of piperidine rings is 1. The number of halogens is 1. The number of nitrogens with one attached hydrogen (secondary N) is 1. The average Bonchev–Trinajstić information content (AvgIpc) is 2.27. The molecule has 6 nitrogen and oxygen atoms in total. The van der Waals surface area contributed by atoms with Crippen LogP contribution in [0.25, 0.3) is 0 Å². The lowest BCUT2D eigenvalue weighted by atomic mass is 10.1. The van der Waals surface area contributed by atoms with E-state index < -0.39 is 17.8 Å². The largest absolute Gasteiger partial charge is 0.444 e. The van der Waals surface area contributed by atoms with Gasteiger partial charge in [-0.2, -0.15) is 0 Å². The van der Waals surface area contributed by atoms with Crippen LogP contribution in [-0.2, 0) is 9.47 Å². The third-order valence-corrected chi connectivity index (χ3v) is 2.69. The molecule has 1 fully saturated rings. The minimum absolute atomic E-state index is 0.119. The van der Waals surface area contributed by atoms with E-state index in [1.165, 1.54) is 4.90 Å². The van der Waals surface area contributed by atoms with Gasteiger partial charge in [-0.15, -0.1) is 0 Å². The lowest BCUT2D eigenvalue weighted by Crippen LogP contribution is -2.50. The van der Waals surface area contributed by atoms with Gasteiger partial charge in [0, 0.05) is 19.1 Å². The fraction of sp³-hybridized carbons (Fsp3) is 0.833. The molecule has 0 aliphatic carbocycles. The first kappa shape index (κ1) is 15.9. The van der Waals surface area contributed by atoms with Gasteiger partial charge in [0.25, 0.3) is 0 Å². The zero-order valence-electron chi connectivity index (χ0n) is 11.6. The van der Waals surface area contributed by atoms with Gasteiger partial charge in [0.15, 0.2) is 6.07 Å². The summed E-state index contributed by atoms with van der Waals surface area (Å²) in [7, 11) is 0. The molecule has 1 saturated heterocycles. The molecular weight excluding hydrogens is 272 g/mol. The molecule has 1 atom stereocenters. The standard InChI is InChI=1S/C12H21ClN2O4/c1-12(2,3)19-10(16)14-9-5-4-6-15(7-9)11(17)18-8-13/h9H,4-8H2,1-3H3,(H,14,16)/t9-/m1/s1. The summed E-state index contributed by atoms with van der Waals surface area (Å²) >= 11 is 5.35. The molecule has 0 spiro atoms. The molecule has 0 aromatic rings. The van der Waals surface area contributed by atoms with E-state index >= 15 is 0 Å². The fourth-order valence-electron chi connectivity index (χ4n) is 1.87. The van der Waals surface area contributed by atoms with Crippen molar-refractivity contribution in [2.45, 2.75) is 45.3 Å². The maximum atomic E-state index is 11.6. The van der Waals surface area contributed by atoms with Crippen LogP contribution in [0.3, 0.4) is 0 Å². The Bertz CT molecular complexity index is 330. The Morgan fingerprint density at radius 2 is 2.11 bits per heavy atom. The summed E-state index contributed by atoms with van der Waals surface area (Å²) in [5, 5.41) is 2.76. The van der Waals surface area contributed by atoms with Crippen molar-refractivity contribution in [3.8, 4) is 0 Å². The van der Waals surface area contributed by atoms with Crippen LogP contribution in [0, 0.1) is 0 Å². The highest BCUT2D eigenvalue weighted by Gasteiger charge is 2.27. The lowest BCUT2D eigenvalue weighted by molar-refractivity contribution is 0.0462. The topological polar surface area (TPSA) is 67.9 Å². The molecule has 7 heteroatoms. The van der Waals surface area contributed by atoms with Crippen molar-refractivity contribution in [2.24, 2.45) is 0 Å². The Balaban J connectivity index is 2.42. The van der Waals surface area contributed by atoms with Gasteiger partial charge in [0.2, 0.25) is 0 Å². The normalized spacial score (nSPS) is 19.8. The minimum atomic E-state index is -0.532. The molecule has 1 N–H and O–H groups in total. The SMILES string of the molecule is CC(C)(C)OC(=O)N[C@@H]1CCCN(C(=O)OCCl)C1. The van der Waals surface area contributed by atoms with Gasteiger partial charge in [-0.3, -0.25) is 0 Å². The zero-order valence-corrected chi connectivity index (χ0v) is 12.3. The first-order valence-corrected chi connectivity index (χ1v) is 6.82. The Hall–Kier alpha value is -1.17. The monoisotopic (exact) mass is 292 g/mol. The van der Waals surface area contributed by atoms with E-state index in [4.69, 9.17) is 21.1 Å². The molecule has 2 amide bonds. The van der Waals surface area contributed by atoms with Crippen molar-refractivity contribution < 1.29 is 19.1 Å². The highest BCUT2D eigenvalue weighted by Crippen LogP contribution is 2.13. The van der Waals surface area contributed by atoms with Crippen LogP contribution in [0.1, 0.15) is 33.6 Å². The summed E-state index contributed by atoms with van der Waals surface area (Å²) in [6.45, 7) is 6.43. The van der Waals surface area contributed by atoms with Gasteiger partial charge < -0.3 is 19.7 Å². The number of rotatable bonds is 2. The van der Waals surface area contributed by atoms with E-state index in [9.17, 15) is 9.59 Å². The number of alkyl carbamates (subject to hydrolysis) is 1. The van der Waals surface area contributed by atoms with Crippen LogP contribution in [0.2, 0.25) is 0 Å². The van der Waals surface area contributed by atoms with Gasteiger partial charge in [0.05, 0.1) is 0 Å². The molecule has 1 rings (SSSR count). The third kappa shape index (κ3) is 6.00. The van der Waals surface area contributed by atoms with Crippen LogP contribution >= 0.6 is 11.6 Å². The zero-order chi connectivity index (χ0) is 14.5. The molecule has 1 aliphatic heterocycles. The maximum Gasteiger partial charge on any atom is 0.411 e. The molecule has 19 heavy (non-hydrogen) atoms. The summed E-state index contributed by atoms with van der Waals surface area (Å²) in [6, 6.07) is -0.286. The summed E-state index contributed by atoms with van der Waals surface area (Å²) < 4.78 is 9.90. The second-order valence-electron chi connectivity index (χ2n) is 5.45. The predicted molar refractivity (Wildman–Crippen MR) is 71.2 cm³/mol. The van der Waals surface area contributed by atoms with Crippen molar-refractivity contribution in [1.82, 2.24) is 10.2 Å².